The summed E-state index contributed by atoms with van der Waals surface area (Å²) < 4.78 is 29.0. The molecule has 81 heavy (non-hydrogen) atoms. The molecule has 0 saturated carbocycles. The van der Waals surface area contributed by atoms with Gasteiger partial charge in [-0.1, -0.05) is 73.1 Å². The molecule has 3 aliphatic heterocycles. The van der Waals surface area contributed by atoms with E-state index in [1.165, 1.54) is 5.06 Å². The van der Waals surface area contributed by atoms with Crippen LogP contribution in [0.1, 0.15) is 112 Å². The molecule has 3 fully saturated rings. The molecule has 23 nitrogen and oxygen atoms in total. The number of ether oxygens (including phenoxy) is 5. The molecule has 0 unspecified atom stereocenters. The van der Waals surface area contributed by atoms with E-state index in [0.717, 1.165) is 29.3 Å². The second kappa shape index (κ2) is 33.0. The largest absolute Gasteiger partial charge is 0.379 e. The molecule has 3 N–H and O–H groups in total. The summed E-state index contributed by atoms with van der Waals surface area (Å²) in [5.41, 5.74) is 1.81. The van der Waals surface area contributed by atoms with E-state index in [2.05, 4.69) is 22.5 Å². The number of fused-ring (bicyclic) bond motifs is 1. The number of likely N-dealkylation sites (tertiary alicyclic amines) is 1. The van der Waals surface area contributed by atoms with Gasteiger partial charge >= 0.3 is 5.97 Å². The summed E-state index contributed by atoms with van der Waals surface area (Å²) in [5.74, 6) is -4.80. The highest BCUT2D eigenvalue weighted by atomic mass is 16.7. The number of hydrogen-bond donors (Lipinski definition) is 3. The van der Waals surface area contributed by atoms with Gasteiger partial charge in [0, 0.05) is 76.3 Å². The molecule has 1 aromatic heterocycles. The number of likely N-dealkylation sites (N-methyl/N-ethyl adjacent to an activating group) is 2. The second-order valence-corrected chi connectivity index (χ2v) is 22.3. The molecular formula is C58H92N8O15. The Morgan fingerprint density at radius 1 is 0.790 bits per heavy atom. The Morgan fingerprint density at radius 3 is 2.05 bits per heavy atom. The fraction of sp³-hybridized carbons (Fsp3) is 0.724. The topological polar surface area (TPSA) is 257 Å². The molecular weight excluding hydrogens is 1050 g/mol. The zero-order valence-corrected chi connectivity index (χ0v) is 49.7. The van der Waals surface area contributed by atoms with Crippen LogP contribution in [0.15, 0.2) is 30.5 Å². The van der Waals surface area contributed by atoms with Gasteiger partial charge in [0.15, 0.2) is 0 Å². The first-order chi connectivity index (χ1) is 38.7. The summed E-state index contributed by atoms with van der Waals surface area (Å²) in [6.07, 6.45) is 4.30. The number of methoxy groups -OCH3 is 2. The number of carbonyl (C=O) groups excluding carboxylic acids is 8. The van der Waals surface area contributed by atoms with Crippen molar-refractivity contribution >= 4 is 58.2 Å². The summed E-state index contributed by atoms with van der Waals surface area (Å²) in [7, 11) is 6.76. The van der Waals surface area contributed by atoms with Gasteiger partial charge in [0.05, 0.1) is 95.3 Å². The molecule has 454 valence electrons. The first-order valence-electron chi connectivity index (χ1n) is 29.0. The number of carbonyl (C=O) groups is 8. The van der Waals surface area contributed by atoms with E-state index in [4.69, 9.17) is 33.4 Å². The van der Waals surface area contributed by atoms with Crippen molar-refractivity contribution in [2.45, 2.75) is 155 Å². The number of benzene rings is 1. The molecule has 5 rings (SSSR count). The van der Waals surface area contributed by atoms with Crippen LogP contribution in [0.2, 0.25) is 0 Å². The highest BCUT2D eigenvalue weighted by Gasteiger charge is 2.44. The maximum Gasteiger partial charge on any atom is 0.335 e. The van der Waals surface area contributed by atoms with Crippen LogP contribution in [0, 0.1) is 23.7 Å². The van der Waals surface area contributed by atoms with Gasteiger partial charge in [0.25, 0.3) is 17.7 Å². The number of imide groups is 2. The third-order valence-electron chi connectivity index (χ3n) is 15.8. The number of amides is 7. The molecule has 0 aliphatic carbocycles. The normalized spacial score (nSPS) is 19.0. The molecule has 0 spiro atoms. The quantitative estimate of drug-likeness (QED) is 0.0665. The monoisotopic (exact) mass is 1140 g/mol. The first-order valence-corrected chi connectivity index (χ1v) is 29.0. The zero-order valence-electron chi connectivity index (χ0n) is 49.7. The van der Waals surface area contributed by atoms with Gasteiger partial charge < -0.3 is 43.7 Å². The minimum absolute atomic E-state index is 0.00979. The number of nitrogens with one attached hydrogen (secondary N) is 3. The second-order valence-electron chi connectivity index (χ2n) is 22.3. The Balaban J connectivity index is 1.14. The van der Waals surface area contributed by atoms with Crippen LogP contribution < -0.4 is 10.6 Å². The maximum atomic E-state index is 14.7. The lowest BCUT2D eigenvalue weighted by Gasteiger charge is -2.43. The van der Waals surface area contributed by atoms with Crippen molar-refractivity contribution in [2.24, 2.45) is 23.7 Å². The smallest absolute Gasteiger partial charge is 0.335 e. The fourth-order valence-corrected chi connectivity index (χ4v) is 11.4. The average molecular weight is 1140 g/mol. The van der Waals surface area contributed by atoms with E-state index in [1.54, 1.807) is 33.1 Å². The Morgan fingerprint density at radius 2 is 1.43 bits per heavy atom. The van der Waals surface area contributed by atoms with Crippen molar-refractivity contribution in [2.75, 3.05) is 94.2 Å². The minimum atomic E-state index is -0.919. The molecule has 0 radical (unpaired) electrons. The van der Waals surface area contributed by atoms with Gasteiger partial charge in [-0.05, 0) is 69.2 Å². The van der Waals surface area contributed by atoms with Crippen molar-refractivity contribution in [1.29, 1.82) is 0 Å². The first kappa shape index (κ1) is 66.4. The Kier molecular flexibility index (Phi) is 27.1. The predicted octanol–water partition coefficient (Wildman–Crippen LogP) is 3.81. The molecule has 2 aromatic rings. The summed E-state index contributed by atoms with van der Waals surface area (Å²) in [6, 6.07) is 4.60. The molecule has 23 heteroatoms. The number of H-pyrrole nitrogens is 1. The van der Waals surface area contributed by atoms with Crippen molar-refractivity contribution in [1.82, 2.24) is 40.4 Å². The van der Waals surface area contributed by atoms with Crippen LogP contribution in [0.4, 0.5) is 0 Å². The summed E-state index contributed by atoms with van der Waals surface area (Å²) in [4.78, 5) is 126. The number of hydroxylamine groups is 4. The van der Waals surface area contributed by atoms with Crippen molar-refractivity contribution in [3.8, 4) is 0 Å². The van der Waals surface area contributed by atoms with E-state index >= 15 is 0 Å². The van der Waals surface area contributed by atoms with E-state index in [1.807, 2.05) is 81.9 Å². The number of para-hydroxylation sites is 1. The lowest BCUT2D eigenvalue weighted by atomic mass is 9.87. The highest BCUT2D eigenvalue weighted by molar-refractivity contribution is 6.02. The number of nitrogens with zero attached hydrogens (tertiary/aromatic N) is 5. The summed E-state index contributed by atoms with van der Waals surface area (Å²) in [6.45, 7) is 16.6. The van der Waals surface area contributed by atoms with Crippen LogP contribution in [-0.2, 0) is 78.1 Å². The van der Waals surface area contributed by atoms with Gasteiger partial charge in [-0.15, -0.1) is 5.06 Å². The Bertz CT molecular complexity index is 2360. The van der Waals surface area contributed by atoms with Gasteiger partial charge in [-0.3, -0.25) is 53.5 Å². The van der Waals surface area contributed by atoms with Crippen molar-refractivity contribution < 1.29 is 71.7 Å². The Labute approximate surface area is 477 Å². The third-order valence-corrected chi connectivity index (χ3v) is 15.8. The minimum Gasteiger partial charge on any atom is -0.379 e. The highest BCUT2D eigenvalue weighted by Crippen LogP contribution is 2.31. The van der Waals surface area contributed by atoms with Gasteiger partial charge in [0.2, 0.25) is 23.6 Å². The Hall–Kier alpha value is -5.40. The summed E-state index contributed by atoms with van der Waals surface area (Å²) in [5, 5.41) is 8.62. The summed E-state index contributed by atoms with van der Waals surface area (Å²) >= 11 is 0. The number of aromatic nitrogens is 1. The fourth-order valence-electron chi connectivity index (χ4n) is 11.4. The predicted molar refractivity (Wildman–Crippen MR) is 299 cm³/mol. The number of hydrogen-bond acceptors (Lipinski definition) is 17. The van der Waals surface area contributed by atoms with Crippen LogP contribution in [0.3, 0.4) is 0 Å². The molecule has 3 saturated heterocycles. The van der Waals surface area contributed by atoms with Crippen molar-refractivity contribution in [3.63, 3.8) is 0 Å². The molecule has 7 amide bonds. The van der Waals surface area contributed by atoms with Crippen molar-refractivity contribution in [3.05, 3.63) is 36.0 Å². The van der Waals surface area contributed by atoms with Crippen LogP contribution >= 0.6 is 0 Å². The average Bonchev–Trinajstić information content (AvgIpc) is 4.19. The van der Waals surface area contributed by atoms with Gasteiger partial charge in [-0.2, -0.15) is 0 Å². The lowest BCUT2D eigenvalue weighted by molar-refractivity contribution is -0.199. The zero-order chi connectivity index (χ0) is 59.3. The van der Waals surface area contributed by atoms with Crippen LogP contribution in [0.25, 0.3) is 10.9 Å². The molecule has 9 atom stereocenters. The third kappa shape index (κ3) is 18.5. The van der Waals surface area contributed by atoms with Gasteiger partial charge in [0.1, 0.15) is 6.04 Å². The van der Waals surface area contributed by atoms with Crippen LogP contribution in [0.5, 0.6) is 0 Å². The molecule has 3 aliphatic rings. The number of aromatic amines is 1. The standard InChI is InChI=1S/C58H92N8O15/c1-12-39(6)53(63(9)52(38(4)5)57(73)61-56(72)51(37(2)3)62(8)26-29-78-31-33-79-32-30-77-28-23-50(70)81-66-47(67)21-22-48(66)68)46(75-10)35-49(69)64-24-17-20-45(64)54(76-11)40(7)55(71)60-44(58(74)65-25-15-16-27-80-65)34-41-36-59-43-19-14-13-18-42(41)43/h13-14,18-19,36-40,44-46,51-54,59H,12,15-17,20-35H2,1-11H3,(H,60,71)(H,61,72,73)/t39-,40+,44-,45-,46+,51-,52-,53-,54+/m0/s1. The van der Waals surface area contributed by atoms with Crippen LogP contribution in [-0.4, -0.2) is 214 Å². The van der Waals surface area contributed by atoms with Gasteiger partial charge in [-0.25, -0.2) is 9.86 Å². The van der Waals surface area contributed by atoms with E-state index in [-0.39, 0.29) is 101 Å². The maximum absolute atomic E-state index is 14.7. The molecule has 0 bridgehead atoms. The SMILES string of the molecule is CC[C@H](C)[C@@H]([C@@H](CC(=O)N1CCC[C@H]1[C@H](OC)[C@@H](C)C(=O)N[C@@H](Cc1c[nH]c2ccccc12)C(=O)N1CCCCO1)OC)N(C)[C@H](C(=O)NC(=O)[C@H](C(C)C)N(C)CCOCCOCCOCCC(=O)ON1C(=O)CCC1=O)C(C)C. The lowest BCUT2D eigenvalue weighted by Crippen LogP contribution is -2.60. The number of rotatable bonds is 34. The van der Waals surface area contributed by atoms with E-state index < -0.39 is 77.9 Å². The van der Waals surface area contributed by atoms with E-state index in [9.17, 15) is 38.4 Å². The molecule has 4 heterocycles. The molecule has 1 aromatic carbocycles. The van der Waals surface area contributed by atoms with E-state index in [0.29, 0.717) is 57.2 Å².